The molecule has 0 bridgehead atoms. The van der Waals surface area contributed by atoms with Crippen molar-refractivity contribution in [3.63, 3.8) is 0 Å². The van der Waals surface area contributed by atoms with Gasteiger partial charge in [-0.1, -0.05) is 10.7 Å². The Kier molecular flexibility index (Phi) is 7.38. The zero-order chi connectivity index (χ0) is 24.3. The summed E-state index contributed by atoms with van der Waals surface area (Å²) in [5.41, 5.74) is 6.39. The number of carbonyl (C=O) groups is 4. The van der Waals surface area contributed by atoms with E-state index in [0.717, 1.165) is 21.8 Å². The fourth-order valence-corrected chi connectivity index (χ4v) is 5.01. The molecule has 1 saturated heterocycles. The number of carboxylic acids is 1. The molecule has 0 spiro atoms. The van der Waals surface area contributed by atoms with Crippen molar-refractivity contribution in [3.8, 4) is 0 Å². The SMILES string of the molecule is CON=C(C(=O)N[C@@H]1C(=O)N2C(C(=O)O)=C(COC(=O)C=C(C)C)CS[C@H]12)c1csc(N)n1. The van der Waals surface area contributed by atoms with Crippen molar-refractivity contribution < 1.29 is 33.9 Å². The molecule has 2 aliphatic rings. The van der Waals surface area contributed by atoms with E-state index in [9.17, 15) is 24.3 Å². The third kappa shape index (κ3) is 5.17. The Hall–Kier alpha value is -3.39. The van der Waals surface area contributed by atoms with Crippen LogP contribution in [0.3, 0.4) is 0 Å². The molecule has 2 aliphatic heterocycles. The first kappa shape index (κ1) is 24.3. The quantitative estimate of drug-likeness (QED) is 0.150. The van der Waals surface area contributed by atoms with Crippen LogP contribution in [0.15, 0.2) is 33.5 Å². The summed E-state index contributed by atoms with van der Waals surface area (Å²) in [6.45, 7) is 3.19. The number of hydrogen-bond donors (Lipinski definition) is 3. The number of esters is 1. The van der Waals surface area contributed by atoms with Crippen LogP contribution in [0.1, 0.15) is 19.5 Å². The van der Waals surface area contributed by atoms with Crippen LogP contribution in [-0.2, 0) is 28.8 Å². The van der Waals surface area contributed by atoms with Gasteiger partial charge in [0.2, 0.25) is 0 Å². The zero-order valence-corrected chi connectivity index (χ0v) is 19.5. The number of nitrogen functional groups attached to an aromatic ring is 1. The number of carbonyl (C=O) groups excluding carboxylic acids is 3. The Morgan fingerprint density at radius 3 is 2.73 bits per heavy atom. The topological polar surface area (TPSA) is 174 Å². The van der Waals surface area contributed by atoms with Crippen LogP contribution in [0.5, 0.6) is 0 Å². The number of allylic oxidation sites excluding steroid dienone is 1. The van der Waals surface area contributed by atoms with Crippen LogP contribution in [0.2, 0.25) is 0 Å². The van der Waals surface area contributed by atoms with Gasteiger partial charge in [-0.05, 0) is 13.8 Å². The predicted octanol–water partition coefficient (Wildman–Crippen LogP) is 0.324. The summed E-state index contributed by atoms with van der Waals surface area (Å²) in [5.74, 6) is -3.06. The molecule has 12 nitrogen and oxygen atoms in total. The number of carboxylic acid groups (broad SMARTS) is 1. The lowest BCUT2D eigenvalue weighted by molar-refractivity contribution is -0.150. The molecular formula is C19H21N5O7S2. The Morgan fingerprint density at radius 1 is 1.42 bits per heavy atom. The van der Waals surface area contributed by atoms with Crippen molar-refractivity contribution in [2.45, 2.75) is 25.3 Å². The molecule has 0 radical (unpaired) electrons. The van der Waals surface area contributed by atoms with Crippen molar-refractivity contribution in [1.29, 1.82) is 0 Å². The smallest absolute Gasteiger partial charge is 0.352 e. The molecule has 14 heteroatoms. The van der Waals surface area contributed by atoms with E-state index < -0.39 is 35.2 Å². The van der Waals surface area contributed by atoms with Crippen LogP contribution in [-0.4, -0.2) is 75.3 Å². The van der Waals surface area contributed by atoms with Crippen LogP contribution >= 0.6 is 23.1 Å². The molecule has 2 amide bonds. The Balaban J connectivity index is 1.75. The van der Waals surface area contributed by atoms with Crippen LogP contribution < -0.4 is 11.1 Å². The molecule has 0 aromatic carbocycles. The van der Waals surface area contributed by atoms with Crippen molar-refractivity contribution in [1.82, 2.24) is 15.2 Å². The van der Waals surface area contributed by atoms with E-state index in [1.807, 2.05) is 0 Å². The molecule has 176 valence electrons. The molecule has 0 aliphatic carbocycles. The van der Waals surface area contributed by atoms with E-state index in [0.29, 0.717) is 0 Å². The number of oxime groups is 1. The highest BCUT2D eigenvalue weighted by molar-refractivity contribution is 8.00. The number of amides is 2. The second kappa shape index (κ2) is 10.0. The number of aliphatic carboxylic acids is 1. The van der Waals surface area contributed by atoms with Gasteiger partial charge in [-0.15, -0.1) is 23.1 Å². The van der Waals surface area contributed by atoms with Gasteiger partial charge in [-0.3, -0.25) is 14.5 Å². The van der Waals surface area contributed by atoms with Gasteiger partial charge < -0.3 is 25.7 Å². The summed E-state index contributed by atoms with van der Waals surface area (Å²) in [6, 6.07) is -0.982. The van der Waals surface area contributed by atoms with E-state index in [2.05, 4.69) is 15.5 Å². The van der Waals surface area contributed by atoms with E-state index in [1.165, 1.54) is 30.3 Å². The second-order valence-corrected chi connectivity index (χ2v) is 9.14. The maximum absolute atomic E-state index is 12.8. The standard InChI is InChI=1S/C19H21N5O7S2/c1-8(2)4-11(25)31-5-9-6-32-17-13(16(27)24(17)14(9)18(28)29)22-15(26)12(23-30-3)10-7-33-19(20)21-10/h4,7,13,17H,5-6H2,1-3H3,(H2,20,21)(H,22,26)(H,28,29)/t13-,17-/m1/s1. The lowest BCUT2D eigenvalue weighted by atomic mass is 10.0. The highest BCUT2D eigenvalue weighted by Gasteiger charge is 2.54. The van der Waals surface area contributed by atoms with Gasteiger partial charge in [0.1, 0.15) is 36.5 Å². The number of hydrogen-bond acceptors (Lipinski definition) is 11. The third-order valence-electron chi connectivity index (χ3n) is 4.49. The highest BCUT2D eigenvalue weighted by atomic mass is 32.2. The van der Waals surface area contributed by atoms with Gasteiger partial charge in [-0.25, -0.2) is 14.6 Å². The second-order valence-electron chi connectivity index (χ2n) is 7.14. The lowest BCUT2D eigenvalue weighted by Gasteiger charge is -2.49. The number of nitrogens with one attached hydrogen (secondary N) is 1. The minimum Gasteiger partial charge on any atom is -0.477 e. The highest BCUT2D eigenvalue weighted by Crippen LogP contribution is 2.40. The van der Waals surface area contributed by atoms with E-state index in [1.54, 1.807) is 13.8 Å². The largest absolute Gasteiger partial charge is 0.477 e. The van der Waals surface area contributed by atoms with Gasteiger partial charge in [0.05, 0.1) is 0 Å². The van der Waals surface area contributed by atoms with Crippen LogP contribution in [0.25, 0.3) is 0 Å². The molecule has 1 aromatic heterocycles. The minimum atomic E-state index is -1.33. The zero-order valence-electron chi connectivity index (χ0n) is 17.9. The maximum Gasteiger partial charge on any atom is 0.352 e. The molecule has 33 heavy (non-hydrogen) atoms. The molecule has 0 unspecified atom stereocenters. The molecule has 3 heterocycles. The number of fused-ring (bicyclic) bond motifs is 1. The number of aromatic nitrogens is 1. The number of anilines is 1. The maximum atomic E-state index is 12.8. The summed E-state index contributed by atoms with van der Waals surface area (Å²) in [5, 5.41) is 17.0. The Morgan fingerprint density at radius 2 is 2.15 bits per heavy atom. The summed E-state index contributed by atoms with van der Waals surface area (Å²) in [4.78, 5) is 58.9. The number of nitrogens with zero attached hydrogens (tertiary/aromatic N) is 3. The molecular weight excluding hydrogens is 474 g/mol. The summed E-state index contributed by atoms with van der Waals surface area (Å²) in [7, 11) is 1.26. The van der Waals surface area contributed by atoms with Crippen LogP contribution in [0, 0.1) is 0 Å². The molecule has 2 atom stereocenters. The average molecular weight is 496 g/mol. The molecule has 1 fully saturated rings. The van der Waals surface area contributed by atoms with Gasteiger partial charge in [0.15, 0.2) is 10.8 Å². The van der Waals surface area contributed by atoms with Crippen LogP contribution in [0.4, 0.5) is 5.13 Å². The van der Waals surface area contributed by atoms with Crippen molar-refractivity contribution in [3.05, 3.63) is 34.0 Å². The minimum absolute atomic E-state index is 0.168. The van der Waals surface area contributed by atoms with E-state index in [4.69, 9.17) is 15.3 Å². The number of ether oxygens (including phenoxy) is 1. The molecule has 0 saturated carbocycles. The predicted molar refractivity (Wildman–Crippen MR) is 120 cm³/mol. The summed E-state index contributed by atoms with van der Waals surface area (Å²) >= 11 is 2.35. The first-order valence-electron chi connectivity index (χ1n) is 9.49. The van der Waals surface area contributed by atoms with E-state index in [-0.39, 0.29) is 40.2 Å². The molecule has 4 N–H and O–H groups in total. The normalized spacial score (nSPS) is 19.9. The number of rotatable bonds is 8. The fourth-order valence-electron chi connectivity index (χ4n) is 3.13. The monoisotopic (exact) mass is 495 g/mol. The van der Waals surface area contributed by atoms with Crippen molar-refractivity contribution >= 4 is 57.7 Å². The first-order chi connectivity index (χ1) is 15.6. The summed E-state index contributed by atoms with van der Waals surface area (Å²) in [6.07, 6.45) is 1.29. The molecule has 1 aromatic rings. The van der Waals surface area contributed by atoms with Gasteiger partial charge in [0.25, 0.3) is 11.8 Å². The number of thiazole rings is 1. The number of thioether (sulfide) groups is 1. The average Bonchev–Trinajstić information content (AvgIpc) is 3.18. The van der Waals surface area contributed by atoms with Gasteiger partial charge >= 0.3 is 11.9 Å². The van der Waals surface area contributed by atoms with E-state index >= 15 is 0 Å². The third-order valence-corrected chi connectivity index (χ3v) is 6.51. The lowest BCUT2D eigenvalue weighted by Crippen LogP contribution is -2.71. The summed E-state index contributed by atoms with van der Waals surface area (Å²) < 4.78 is 5.11. The Labute approximate surface area is 196 Å². The first-order valence-corrected chi connectivity index (χ1v) is 11.4. The molecule has 3 rings (SSSR count). The van der Waals surface area contributed by atoms with Crippen molar-refractivity contribution in [2.75, 3.05) is 25.2 Å². The Bertz CT molecular complexity index is 1090. The van der Waals surface area contributed by atoms with Gasteiger partial charge in [0, 0.05) is 22.8 Å². The van der Waals surface area contributed by atoms with Gasteiger partial charge in [-0.2, -0.15) is 0 Å². The number of β-lactam (4-membered cyclic amide) rings is 1. The number of nitrogens with two attached hydrogens (primary N) is 1. The van der Waals surface area contributed by atoms with Crippen molar-refractivity contribution in [2.24, 2.45) is 5.16 Å². The fraction of sp³-hybridized carbons (Fsp3) is 0.368.